The van der Waals surface area contributed by atoms with Gasteiger partial charge in [0.25, 0.3) is 5.91 Å². The van der Waals surface area contributed by atoms with Gasteiger partial charge in [0.05, 0.1) is 12.2 Å². The normalized spacial score (nSPS) is 31.3. The molecule has 5 atom stereocenters. The summed E-state index contributed by atoms with van der Waals surface area (Å²) in [5.41, 5.74) is -0.513. The van der Waals surface area contributed by atoms with Crippen LogP contribution in [0.15, 0.2) is 0 Å². The van der Waals surface area contributed by atoms with Crippen LogP contribution in [0.5, 0.6) is 0 Å². The van der Waals surface area contributed by atoms with Crippen LogP contribution in [0.25, 0.3) is 0 Å². The molecular weight excluding hydrogens is 362 g/mol. The van der Waals surface area contributed by atoms with Crippen molar-refractivity contribution in [3.05, 3.63) is 0 Å². The van der Waals surface area contributed by atoms with E-state index in [1.807, 2.05) is 13.8 Å². The number of hydrogen-bond donors (Lipinski definition) is 1. The number of nitrogens with zero attached hydrogens (tertiary/aromatic N) is 1. The number of amides is 1. The fourth-order valence-corrected chi connectivity index (χ4v) is 6.89. The molecule has 2 heterocycles. The van der Waals surface area contributed by atoms with Crippen molar-refractivity contribution in [3.8, 4) is 0 Å². The van der Waals surface area contributed by atoms with Gasteiger partial charge in [0.2, 0.25) is 0 Å². The van der Waals surface area contributed by atoms with E-state index in [4.69, 9.17) is 4.74 Å². The number of carbonyl (C=O) groups is 1. The van der Waals surface area contributed by atoms with Crippen LogP contribution >= 0.6 is 0 Å². The van der Waals surface area contributed by atoms with Gasteiger partial charge in [-0.15, -0.1) is 0 Å². The highest BCUT2D eigenvalue weighted by Gasteiger charge is 2.50. The minimum atomic E-state index is -0.676. The van der Waals surface area contributed by atoms with Crippen molar-refractivity contribution in [1.29, 1.82) is 0 Å². The molecule has 3 fully saturated rings. The fourth-order valence-electron chi connectivity index (χ4n) is 5.00. The zero-order valence-corrected chi connectivity index (χ0v) is 18.0. The SMILES string of the molecule is CN(O)C(=O)C(C)(C)CCCCC[C@@H]1[C@H](C[S+]([O-])CC2CC2)[C@@H]2CC[C@H]1O2. The largest absolute Gasteiger partial charge is 0.616 e. The van der Waals surface area contributed by atoms with Crippen molar-refractivity contribution >= 4 is 17.1 Å². The molecule has 6 heteroatoms. The van der Waals surface area contributed by atoms with Crippen LogP contribution < -0.4 is 0 Å². The molecule has 156 valence electrons. The first-order valence-corrected chi connectivity index (χ1v) is 12.2. The zero-order chi connectivity index (χ0) is 19.6. The second-order valence-corrected chi connectivity index (χ2v) is 11.2. The first-order valence-electron chi connectivity index (χ1n) is 10.8. The Balaban J connectivity index is 1.39. The third-order valence-corrected chi connectivity index (χ3v) is 8.40. The monoisotopic (exact) mass is 399 g/mol. The Hall–Kier alpha value is -0.300. The topological polar surface area (TPSA) is 72.8 Å². The van der Waals surface area contributed by atoms with Crippen molar-refractivity contribution in [2.24, 2.45) is 23.2 Å². The molecule has 1 aliphatic carbocycles. The van der Waals surface area contributed by atoms with Crippen molar-refractivity contribution in [2.45, 2.75) is 83.8 Å². The number of rotatable bonds is 11. The summed E-state index contributed by atoms with van der Waals surface area (Å²) in [6.07, 6.45) is 10.8. The lowest BCUT2D eigenvalue weighted by Gasteiger charge is -2.29. The molecule has 0 spiro atoms. The van der Waals surface area contributed by atoms with E-state index >= 15 is 0 Å². The first kappa shape index (κ1) is 21.4. The minimum Gasteiger partial charge on any atom is -0.616 e. The maximum Gasteiger partial charge on any atom is 0.251 e. The summed E-state index contributed by atoms with van der Waals surface area (Å²) in [4.78, 5) is 12.0. The molecule has 2 bridgehead atoms. The predicted molar refractivity (Wildman–Crippen MR) is 107 cm³/mol. The molecule has 1 N–H and O–H groups in total. The summed E-state index contributed by atoms with van der Waals surface area (Å²) < 4.78 is 18.7. The number of carbonyl (C=O) groups excluding carboxylic acids is 1. The van der Waals surface area contributed by atoms with Gasteiger partial charge in [-0.05, 0) is 44.4 Å². The third-order valence-electron chi connectivity index (χ3n) is 6.80. The summed E-state index contributed by atoms with van der Waals surface area (Å²) in [6.45, 7) is 3.80. The van der Waals surface area contributed by atoms with Crippen molar-refractivity contribution in [1.82, 2.24) is 5.06 Å². The maximum absolute atomic E-state index is 12.5. The molecule has 0 aromatic heterocycles. The smallest absolute Gasteiger partial charge is 0.251 e. The Morgan fingerprint density at radius 2 is 1.78 bits per heavy atom. The molecule has 3 aliphatic rings. The zero-order valence-electron chi connectivity index (χ0n) is 17.2. The van der Waals surface area contributed by atoms with E-state index in [1.54, 1.807) is 0 Å². The van der Waals surface area contributed by atoms with Crippen molar-refractivity contribution < 1.29 is 19.3 Å². The molecule has 2 aliphatic heterocycles. The molecule has 1 unspecified atom stereocenters. The van der Waals surface area contributed by atoms with E-state index < -0.39 is 16.6 Å². The van der Waals surface area contributed by atoms with Crippen LogP contribution in [0.4, 0.5) is 0 Å². The van der Waals surface area contributed by atoms with Gasteiger partial charge in [-0.2, -0.15) is 0 Å². The third kappa shape index (κ3) is 5.62. The van der Waals surface area contributed by atoms with Crippen LogP contribution in [-0.4, -0.2) is 51.5 Å². The van der Waals surface area contributed by atoms with Crippen LogP contribution in [0.3, 0.4) is 0 Å². The van der Waals surface area contributed by atoms with Crippen LogP contribution in [0.2, 0.25) is 0 Å². The molecule has 0 aromatic rings. The van der Waals surface area contributed by atoms with E-state index in [2.05, 4.69) is 0 Å². The molecule has 1 saturated carbocycles. The van der Waals surface area contributed by atoms with Crippen molar-refractivity contribution in [3.63, 3.8) is 0 Å². The highest BCUT2D eigenvalue weighted by Crippen LogP contribution is 2.46. The van der Waals surface area contributed by atoms with Gasteiger partial charge in [-0.3, -0.25) is 10.0 Å². The Labute approximate surface area is 167 Å². The van der Waals surface area contributed by atoms with E-state index in [0.29, 0.717) is 29.1 Å². The Kier molecular flexibility index (Phi) is 7.15. The molecule has 1 amide bonds. The minimum absolute atomic E-state index is 0.220. The summed E-state index contributed by atoms with van der Waals surface area (Å²) in [5.74, 6) is 3.32. The van der Waals surface area contributed by atoms with Gasteiger partial charge in [0.15, 0.2) is 0 Å². The lowest BCUT2D eigenvalue weighted by atomic mass is 9.77. The Morgan fingerprint density at radius 3 is 2.41 bits per heavy atom. The van der Waals surface area contributed by atoms with Gasteiger partial charge >= 0.3 is 0 Å². The molecule has 0 radical (unpaired) electrons. The van der Waals surface area contributed by atoms with Gasteiger partial charge in [0, 0.05) is 24.3 Å². The molecule has 3 rings (SSSR count). The highest BCUT2D eigenvalue weighted by molar-refractivity contribution is 7.91. The number of fused-ring (bicyclic) bond motifs is 2. The highest BCUT2D eigenvalue weighted by atomic mass is 32.2. The first-order chi connectivity index (χ1) is 12.8. The molecule has 0 aromatic carbocycles. The van der Waals surface area contributed by atoms with Crippen LogP contribution in [-0.2, 0) is 20.7 Å². The number of unbranched alkanes of at least 4 members (excludes halogenated alkanes) is 2. The Morgan fingerprint density at radius 1 is 1.11 bits per heavy atom. The maximum atomic E-state index is 12.5. The van der Waals surface area contributed by atoms with Crippen LogP contribution in [0.1, 0.15) is 71.6 Å². The van der Waals surface area contributed by atoms with E-state index in [0.717, 1.165) is 55.9 Å². The molecule has 5 nitrogen and oxygen atoms in total. The summed E-state index contributed by atoms with van der Waals surface area (Å²) in [5, 5.41) is 10.1. The van der Waals surface area contributed by atoms with Gasteiger partial charge < -0.3 is 9.29 Å². The molecular formula is C21H37NO4S. The van der Waals surface area contributed by atoms with Gasteiger partial charge in [-0.25, -0.2) is 5.06 Å². The lowest BCUT2D eigenvalue weighted by molar-refractivity contribution is -0.169. The van der Waals surface area contributed by atoms with Crippen LogP contribution in [0, 0.1) is 23.2 Å². The summed E-state index contributed by atoms with van der Waals surface area (Å²) in [6, 6.07) is 0. The summed E-state index contributed by atoms with van der Waals surface area (Å²) >= 11 is -0.676. The lowest BCUT2D eigenvalue weighted by Crippen LogP contribution is -2.36. The molecule has 2 saturated heterocycles. The number of hydroxylamine groups is 2. The average molecular weight is 400 g/mol. The van der Waals surface area contributed by atoms with E-state index in [1.165, 1.54) is 26.3 Å². The van der Waals surface area contributed by atoms with E-state index in [-0.39, 0.29) is 5.91 Å². The van der Waals surface area contributed by atoms with Crippen molar-refractivity contribution in [2.75, 3.05) is 18.6 Å². The quantitative estimate of drug-likeness (QED) is 0.248. The molecule has 27 heavy (non-hydrogen) atoms. The standard InChI is InChI=1S/C21H37NO4S/c1-21(2,20(23)22(3)24)12-6-4-5-7-16-17(19-11-10-18(16)26-19)14-27(25)13-15-8-9-15/h15-19,24H,4-14H2,1-3H3/t16-,17+,18-,19+,27?/m1/s1. The fraction of sp³-hybridized carbons (Fsp3) is 0.952. The van der Waals surface area contributed by atoms with Gasteiger partial charge in [0.1, 0.15) is 11.5 Å². The summed E-state index contributed by atoms with van der Waals surface area (Å²) in [7, 11) is 1.40. The van der Waals surface area contributed by atoms with Gasteiger partial charge in [-0.1, -0.05) is 44.3 Å². The second kappa shape index (κ2) is 9.02. The van der Waals surface area contributed by atoms with E-state index in [9.17, 15) is 14.6 Å². The average Bonchev–Trinajstić information content (AvgIpc) is 3.18. The number of ether oxygens (including phenoxy) is 1. The predicted octanol–water partition coefficient (Wildman–Crippen LogP) is 3.76. The Bertz CT molecular complexity index is 508. The second-order valence-electron chi connectivity index (χ2n) is 9.65. The number of hydrogen-bond acceptors (Lipinski definition) is 4.